The van der Waals surface area contributed by atoms with Gasteiger partial charge in [-0.3, -0.25) is 0 Å². The van der Waals surface area contributed by atoms with Gasteiger partial charge in [-0.15, -0.1) is 0 Å². The number of fused-ring (bicyclic) bond motifs is 11. The average Bonchev–Trinajstić information content (AvgIpc) is 3.71. The summed E-state index contributed by atoms with van der Waals surface area (Å²) in [6, 6.07) is 86.8. The summed E-state index contributed by atoms with van der Waals surface area (Å²) in [5, 5.41) is 20.7. The van der Waals surface area contributed by atoms with Gasteiger partial charge in [0.2, 0.25) is 0 Å². The van der Waals surface area contributed by atoms with Gasteiger partial charge in [0.25, 0.3) is 0 Å². The van der Waals surface area contributed by atoms with Crippen LogP contribution in [0.5, 0.6) is 0 Å². The van der Waals surface area contributed by atoms with E-state index in [4.69, 9.17) is 0 Å². The maximum Gasteiger partial charge on any atom is -0.000719 e. The number of hydrogen-bond donors (Lipinski definition) is 0. The minimum absolute atomic E-state index is 1.22. The molecule has 0 saturated heterocycles. The molecule has 0 fully saturated rings. The Morgan fingerprint density at radius 2 is 0.576 bits per heavy atom. The molecule has 0 bridgehead atoms. The van der Waals surface area contributed by atoms with Crippen molar-refractivity contribution in [3.8, 4) is 66.8 Å². The Bertz CT molecular complexity index is 4330. The van der Waals surface area contributed by atoms with E-state index in [9.17, 15) is 0 Å². The Kier molecular flexibility index (Phi) is 7.31. The first kappa shape index (κ1) is 35.8. The minimum atomic E-state index is 1.22. The fourth-order valence-corrected chi connectivity index (χ4v) is 11.9. The molecule has 0 amide bonds. The summed E-state index contributed by atoms with van der Waals surface area (Å²) in [6.45, 7) is 0. The Hall–Kier alpha value is -8.58. The lowest BCUT2D eigenvalue weighted by Crippen LogP contribution is -1.95. The highest BCUT2D eigenvalue weighted by Crippen LogP contribution is 2.60. The molecule has 0 radical (unpaired) electrons. The Morgan fingerprint density at radius 1 is 0.167 bits per heavy atom. The molecule has 302 valence electrons. The molecule has 14 aromatic carbocycles. The average molecular weight is 831 g/mol. The van der Waals surface area contributed by atoms with Gasteiger partial charge >= 0.3 is 0 Å². The van der Waals surface area contributed by atoms with E-state index in [0.717, 1.165) is 0 Å². The van der Waals surface area contributed by atoms with E-state index in [1.165, 1.54) is 153 Å². The first-order valence-electron chi connectivity index (χ1n) is 23.1. The summed E-state index contributed by atoms with van der Waals surface area (Å²) in [4.78, 5) is 0. The Morgan fingerprint density at radius 3 is 1.17 bits per heavy atom. The van der Waals surface area contributed by atoms with E-state index in [-0.39, 0.29) is 0 Å². The lowest BCUT2D eigenvalue weighted by Gasteiger charge is -2.22. The molecule has 14 aromatic rings. The van der Waals surface area contributed by atoms with Crippen LogP contribution in [0, 0.1) is 0 Å². The van der Waals surface area contributed by atoms with Crippen LogP contribution in [0.2, 0.25) is 0 Å². The maximum absolute atomic E-state index is 2.56. The van der Waals surface area contributed by atoms with Crippen LogP contribution in [0.4, 0.5) is 0 Å². The molecule has 0 unspecified atom stereocenters. The Balaban J connectivity index is 1.15. The van der Waals surface area contributed by atoms with E-state index in [2.05, 4.69) is 231 Å². The van der Waals surface area contributed by atoms with Crippen molar-refractivity contribution in [2.45, 2.75) is 0 Å². The highest BCUT2D eigenvalue weighted by atomic mass is 14.3. The third-order valence-corrected chi connectivity index (χ3v) is 14.9. The molecule has 0 aliphatic heterocycles. The van der Waals surface area contributed by atoms with Gasteiger partial charge in [0.05, 0.1) is 0 Å². The second-order valence-electron chi connectivity index (χ2n) is 18.3. The summed E-state index contributed by atoms with van der Waals surface area (Å²) >= 11 is 0. The van der Waals surface area contributed by atoms with E-state index < -0.39 is 0 Å². The third-order valence-electron chi connectivity index (χ3n) is 14.9. The van der Waals surface area contributed by atoms with Crippen LogP contribution in [0.1, 0.15) is 0 Å². The zero-order valence-electron chi connectivity index (χ0n) is 35.9. The highest BCUT2D eigenvalue weighted by Gasteiger charge is 2.33. The summed E-state index contributed by atoms with van der Waals surface area (Å²) in [7, 11) is 0. The molecule has 0 N–H and O–H groups in total. The summed E-state index contributed by atoms with van der Waals surface area (Å²) < 4.78 is 0. The standard InChI is InChI=1S/C66H38/c1-3-12-39(13-4-1)41-22-26-44(27-23-41)61-57-37-55-51-21-10-9-20-50(51)53-34-47-16-7-8-17-48(47)35-54(53)56(55)38-58(57)62(45-28-24-42(25-29-45)40-14-5-2-6-15-40)66-59-36-49-19-11-18-43-30-31-46-32-33-52(65(61)66)64(59)63(46)60(43)49/h1-38H. The van der Waals surface area contributed by atoms with Crippen LogP contribution in [-0.2, 0) is 0 Å². The van der Waals surface area contributed by atoms with Crippen molar-refractivity contribution in [1.29, 1.82) is 0 Å². The van der Waals surface area contributed by atoms with Crippen LogP contribution in [0.3, 0.4) is 0 Å². The molecule has 0 heteroatoms. The predicted molar refractivity (Wildman–Crippen MR) is 284 cm³/mol. The second kappa shape index (κ2) is 13.5. The number of rotatable bonds is 4. The highest BCUT2D eigenvalue weighted by molar-refractivity contribution is 6.37. The largest absolute Gasteiger partial charge is 0.0622 e. The molecule has 0 aromatic heterocycles. The number of benzene rings is 14. The smallest absolute Gasteiger partial charge is 0.000719 e. The van der Waals surface area contributed by atoms with Gasteiger partial charge in [-0.1, -0.05) is 200 Å². The van der Waals surface area contributed by atoms with Crippen molar-refractivity contribution in [2.24, 2.45) is 0 Å². The lowest BCUT2D eigenvalue weighted by molar-refractivity contribution is 1.59. The molecule has 0 atom stereocenters. The van der Waals surface area contributed by atoms with Gasteiger partial charge in [-0.25, -0.2) is 0 Å². The van der Waals surface area contributed by atoms with Crippen LogP contribution in [-0.4, -0.2) is 0 Å². The van der Waals surface area contributed by atoms with Crippen LogP contribution in [0.15, 0.2) is 231 Å². The summed E-state index contributed by atoms with van der Waals surface area (Å²) in [6.07, 6.45) is 0. The van der Waals surface area contributed by atoms with E-state index in [1.54, 1.807) is 0 Å². The van der Waals surface area contributed by atoms with E-state index >= 15 is 0 Å². The molecule has 0 spiro atoms. The van der Waals surface area contributed by atoms with Crippen LogP contribution in [0.25, 0.3) is 153 Å². The van der Waals surface area contributed by atoms with Crippen molar-refractivity contribution >= 4 is 86.2 Å². The normalized spacial score (nSPS) is 12.2. The summed E-state index contributed by atoms with van der Waals surface area (Å²) in [5.41, 5.74) is 15.2. The molecule has 15 rings (SSSR count). The Labute approximate surface area is 381 Å². The molecule has 1 aliphatic rings. The molecule has 1 aliphatic carbocycles. The predicted octanol–water partition coefficient (Wildman–Crippen LogP) is 18.7. The monoisotopic (exact) mass is 830 g/mol. The van der Waals surface area contributed by atoms with Gasteiger partial charge in [0.1, 0.15) is 0 Å². The van der Waals surface area contributed by atoms with Crippen molar-refractivity contribution in [2.75, 3.05) is 0 Å². The first-order chi connectivity index (χ1) is 32.7. The van der Waals surface area contributed by atoms with Crippen LogP contribution < -0.4 is 0 Å². The molecular formula is C66H38. The van der Waals surface area contributed by atoms with E-state index in [1.807, 2.05) is 0 Å². The van der Waals surface area contributed by atoms with Gasteiger partial charge in [-0.2, -0.15) is 0 Å². The number of hydrogen-bond acceptors (Lipinski definition) is 0. The quantitative estimate of drug-likeness (QED) is 0.122. The van der Waals surface area contributed by atoms with E-state index in [0.29, 0.717) is 0 Å². The van der Waals surface area contributed by atoms with Crippen molar-refractivity contribution in [1.82, 2.24) is 0 Å². The first-order valence-corrected chi connectivity index (χ1v) is 23.1. The zero-order valence-corrected chi connectivity index (χ0v) is 35.9. The lowest BCUT2D eigenvalue weighted by atomic mass is 9.80. The van der Waals surface area contributed by atoms with Crippen molar-refractivity contribution in [3.63, 3.8) is 0 Å². The maximum atomic E-state index is 2.56. The van der Waals surface area contributed by atoms with Crippen molar-refractivity contribution in [3.05, 3.63) is 231 Å². The van der Waals surface area contributed by atoms with Gasteiger partial charge < -0.3 is 0 Å². The van der Waals surface area contributed by atoms with Gasteiger partial charge in [0.15, 0.2) is 0 Å². The fraction of sp³-hybridized carbons (Fsp3) is 0. The molecule has 0 saturated carbocycles. The second-order valence-corrected chi connectivity index (χ2v) is 18.3. The van der Waals surface area contributed by atoms with Crippen LogP contribution >= 0.6 is 0 Å². The molecule has 66 heavy (non-hydrogen) atoms. The molecule has 0 nitrogen and oxygen atoms in total. The fourth-order valence-electron chi connectivity index (χ4n) is 11.9. The SMILES string of the molecule is c1ccc(-c2ccc(-c3c4c(c(-c5ccc(-c6ccccc6)cc5)c5cc6c7cc8ccccc8cc7c7ccccc7c6cc35)-c3cc5cccc6ccc7ccc-4c3c7c65)cc2)cc1. The van der Waals surface area contributed by atoms with Crippen molar-refractivity contribution < 1.29 is 0 Å². The third kappa shape index (κ3) is 4.99. The zero-order chi connectivity index (χ0) is 43.0. The molecular weight excluding hydrogens is 793 g/mol. The van der Waals surface area contributed by atoms with Gasteiger partial charge in [-0.05, 0) is 183 Å². The van der Waals surface area contributed by atoms with Gasteiger partial charge in [0, 0.05) is 0 Å². The minimum Gasteiger partial charge on any atom is -0.0622 e. The molecule has 0 heterocycles. The summed E-state index contributed by atoms with van der Waals surface area (Å²) in [5.74, 6) is 0. The topological polar surface area (TPSA) is 0 Å².